The lowest BCUT2D eigenvalue weighted by Gasteiger charge is -2.06. The van der Waals surface area contributed by atoms with Gasteiger partial charge in [0.25, 0.3) is 0 Å². The molecule has 0 saturated carbocycles. The SMILES string of the molecule is C/C(=C\CO)CC/C=C(\C)Cn1ccc2ccccc21. The average Bonchev–Trinajstić information content (AvgIpc) is 2.83. The maximum Gasteiger partial charge on any atom is 0.0614 e. The number of hydrogen-bond acceptors (Lipinski definition) is 1. The summed E-state index contributed by atoms with van der Waals surface area (Å²) in [5.74, 6) is 0. The van der Waals surface area contributed by atoms with Gasteiger partial charge in [-0.1, -0.05) is 41.5 Å². The number of para-hydroxylation sites is 1. The van der Waals surface area contributed by atoms with E-state index in [-0.39, 0.29) is 6.61 Å². The number of hydrogen-bond donors (Lipinski definition) is 1. The topological polar surface area (TPSA) is 25.2 Å². The van der Waals surface area contributed by atoms with E-state index in [0.29, 0.717) is 0 Å². The van der Waals surface area contributed by atoms with Crippen LogP contribution in [-0.2, 0) is 6.54 Å². The molecule has 0 amide bonds. The molecule has 20 heavy (non-hydrogen) atoms. The smallest absolute Gasteiger partial charge is 0.0614 e. The molecule has 2 aromatic rings. The maximum atomic E-state index is 8.82. The van der Waals surface area contributed by atoms with Crippen LogP contribution in [0.15, 0.2) is 59.8 Å². The molecule has 2 heteroatoms. The zero-order chi connectivity index (χ0) is 14.4. The maximum absolute atomic E-state index is 8.82. The molecule has 0 radical (unpaired) electrons. The van der Waals surface area contributed by atoms with Crippen LogP contribution < -0.4 is 0 Å². The van der Waals surface area contributed by atoms with Crippen molar-refractivity contribution in [3.8, 4) is 0 Å². The van der Waals surface area contributed by atoms with E-state index in [1.54, 1.807) is 0 Å². The zero-order valence-electron chi connectivity index (χ0n) is 12.3. The Balaban J connectivity index is 1.97. The summed E-state index contributed by atoms with van der Waals surface area (Å²) in [5, 5.41) is 10.1. The molecule has 0 fully saturated rings. The van der Waals surface area contributed by atoms with Crippen molar-refractivity contribution < 1.29 is 5.11 Å². The van der Waals surface area contributed by atoms with Crippen LogP contribution in [0, 0.1) is 0 Å². The Labute approximate surface area is 121 Å². The Bertz CT molecular complexity index is 619. The lowest BCUT2D eigenvalue weighted by atomic mass is 10.1. The molecule has 1 aromatic heterocycles. The van der Waals surface area contributed by atoms with Crippen molar-refractivity contribution in [3.05, 3.63) is 59.8 Å². The van der Waals surface area contributed by atoms with Crippen LogP contribution in [0.2, 0.25) is 0 Å². The number of aromatic nitrogens is 1. The Morgan fingerprint density at radius 2 is 1.90 bits per heavy atom. The molecule has 0 spiro atoms. The second-order valence-electron chi connectivity index (χ2n) is 5.32. The summed E-state index contributed by atoms with van der Waals surface area (Å²) >= 11 is 0. The normalized spacial score (nSPS) is 13.2. The quantitative estimate of drug-likeness (QED) is 0.777. The van der Waals surface area contributed by atoms with Crippen LogP contribution in [0.4, 0.5) is 0 Å². The molecule has 1 heterocycles. The molecular formula is C18H23NO. The van der Waals surface area contributed by atoms with E-state index in [9.17, 15) is 0 Å². The highest BCUT2D eigenvalue weighted by Crippen LogP contribution is 2.17. The molecule has 0 saturated heterocycles. The molecule has 0 bridgehead atoms. The molecule has 0 atom stereocenters. The van der Waals surface area contributed by atoms with Gasteiger partial charge in [0, 0.05) is 18.3 Å². The highest BCUT2D eigenvalue weighted by molar-refractivity contribution is 5.79. The van der Waals surface area contributed by atoms with Crippen LogP contribution in [-0.4, -0.2) is 16.3 Å². The van der Waals surface area contributed by atoms with Gasteiger partial charge in [-0.2, -0.15) is 0 Å². The summed E-state index contributed by atoms with van der Waals surface area (Å²) in [5.41, 5.74) is 3.92. The number of rotatable bonds is 6. The predicted octanol–water partition coefficient (Wildman–Crippen LogP) is 4.31. The lowest BCUT2D eigenvalue weighted by molar-refractivity contribution is 0.341. The summed E-state index contributed by atoms with van der Waals surface area (Å²) < 4.78 is 2.29. The van der Waals surface area contributed by atoms with Crippen molar-refractivity contribution in [1.82, 2.24) is 4.57 Å². The minimum absolute atomic E-state index is 0.143. The number of aliphatic hydroxyl groups excluding tert-OH is 1. The van der Waals surface area contributed by atoms with Gasteiger partial charge in [-0.25, -0.2) is 0 Å². The molecule has 2 rings (SSSR count). The third-order valence-electron chi connectivity index (χ3n) is 3.57. The van der Waals surface area contributed by atoms with Crippen LogP contribution >= 0.6 is 0 Å². The van der Waals surface area contributed by atoms with Crippen molar-refractivity contribution in [2.45, 2.75) is 33.2 Å². The molecular weight excluding hydrogens is 246 g/mol. The summed E-state index contributed by atoms with van der Waals surface area (Å²) in [6, 6.07) is 10.6. The summed E-state index contributed by atoms with van der Waals surface area (Å²) in [4.78, 5) is 0. The van der Waals surface area contributed by atoms with Crippen molar-refractivity contribution in [2.24, 2.45) is 0 Å². The predicted molar refractivity (Wildman–Crippen MR) is 85.8 cm³/mol. The van der Waals surface area contributed by atoms with Crippen molar-refractivity contribution >= 4 is 10.9 Å². The number of nitrogens with zero attached hydrogens (tertiary/aromatic N) is 1. The second-order valence-corrected chi connectivity index (χ2v) is 5.32. The molecule has 106 valence electrons. The fourth-order valence-corrected chi connectivity index (χ4v) is 2.42. The summed E-state index contributed by atoms with van der Waals surface area (Å²) in [6.45, 7) is 5.33. The van der Waals surface area contributed by atoms with Crippen molar-refractivity contribution in [3.63, 3.8) is 0 Å². The lowest BCUT2D eigenvalue weighted by Crippen LogP contribution is -1.97. The standard InChI is InChI=1S/C18H23NO/c1-15(11-13-20)6-5-7-16(2)14-19-12-10-17-8-3-4-9-18(17)19/h3-4,7-12,20H,5-6,13-14H2,1-2H3/b15-11+,16-7+. The van der Waals surface area contributed by atoms with Gasteiger partial charge in [0.1, 0.15) is 0 Å². The van der Waals surface area contributed by atoms with Gasteiger partial charge in [-0.05, 0) is 44.2 Å². The first kappa shape index (κ1) is 14.6. The number of fused-ring (bicyclic) bond motifs is 1. The summed E-state index contributed by atoms with van der Waals surface area (Å²) in [6.07, 6.45) is 8.38. The Kier molecular flexibility index (Phi) is 5.19. The van der Waals surface area contributed by atoms with E-state index in [4.69, 9.17) is 5.11 Å². The minimum atomic E-state index is 0.143. The number of allylic oxidation sites excluding steroid dienone is 3. The molecule has 0 aliphatic heterocycles. The van der Waals surface area contributed by atoms with Crippen molar-refractivity contribution in [1.29, 1.82) is 0 Å². The first-order chi connectivity index (χ1) is 9.70. The van der Waals surface area contributed by atoms with Gasteiger partial charge >= 0.3 is 0 Å². The zero-order valence-corrected chi connectivity index (χ0v) is 12.3. The number of benzene rings is 1. The fraction of sp³-hybridized carbons (Fsp3) is 0.333. The van der Waals surface area contributed by atoms with Gasteiger partial charge in [0.05, 0.1) is 6.61 Å². The van der Waals surface area contributed by atoms with Gasteiger partial charge in [-0.15, -0.1) is 0 Å². The second kappa shape index (κ2) is 7.11. The highest BCUT2D eigenvalue weighted by atomic mass is 16.2. The Hall–Kier alpha value is -1.80. The summed E-state index contributed by atoms with van der Waals surface area (Å²) in [7, 11) is 0. The fourth-order valence-electron chi connectivity index (χ4n) is 2.42. The van der Waals surface area contributed by atoms with Crippen LogP contribution in [0.1, 0.15) is 26.7 Å². The molecule has 0 unspecified atom stereocenters. The monoisotopic (exact) mass is 269 g/mol. The largest absolute Gasteiger partial charge is 0.392 e. The minimum Gasteiger partial charge on any atom is -0.392 e. The third kappa shape index (κ3) is 3.84. The molecule has 2 nitrogen and oxygen atoms in total. The van der Waals surface area contributed by atoms with Gasteiger partial charge in [0.15, 0.2) is 0 Å². The van der Waals surface area contributed by atoms with Gasteiger partial charge < -0.3 is 9.67 Å². The first-order valence-corrected chi connectivity index (χ1v) is 7.16. The molecule has 0 aliphatic rings. The van der Waals surface area contributed by atoms with Crippen LogP contribution in [0.3, 0.4) is 0 Å². The van der Waals surface area contributed by atoms with Crippen LogP contribution in [0.5, 0.6) is 0 Å². The first-order valence-electron chi connectivity index (χ1n) is 7.16. The van der Waals surface area contributed by atoms with Gasteiger partial charge in [-0.3, -0.25) is 0 Å². The molecule has 1 aromatic carbocycles. The molecule has 1 N–H and O–H groups in total. The van der Waals surface area contributed by atoms with Crippen LogP contribution in [0.25, 0.3) is 10.9 Å². The average molecular weight is 269 g/mol. The van der Waals surface area contributed by atoms with E-state index >= 15 is 0 Å². The Morgan fingerprint density at radius 3 is 2.70 bits per heavy atom. The van der Waals surface area contributed by atoms with E-state index in [1.807, 2.05) is 6.08 Å². The highest BCUT2D eigenvalue weighted by Gasteiger charge is 2.00. The number of aliphatic hydroxyl groups is 1. The van der Waals surface area contributed by atoms with Gasteiger partial charge in [0.2, 0.25) is 0 Å². The van der Waals surface area contributed by atoms with E-state index in [2.05, 4.69) is 61.0 Å². The third-order valence-corrected chi connectivity index (χ3v) is 3.57. The van der Waals surface area contributed by atoms with E-state index in [1.165, 1.54) is 22.0 Å². The van der Waals surface area contributed by atoms with E-state index in [0.717, 1.165) is 19.4 Å². The Morgan fingerprint density at radius 1 is 1.10 bits per heavy atom. The van der Waals surface area contributed by atoms with Crippen molar-refractivity contribution in [2.75, 3.05) is 6.61 Å². The molecule has 0 aliphatic carbocycles. The van der Waals surface area contributed by atoms with E-state index < -0.39 is 0 Å².